The third-order valence-electron chi connectivity index (χ3n) is 3.11. The van der Waals surface area contributed by atoms with E-state index in [1.807, 2.05) is 48.5 Å². The van der Waals surface area contributed by atoms with Crippen molar-refractivity contribution in [3.63, 3.8) is 0 Å². The highest BCUT2D eigenvalue weighted by Crippen LogP contribution is 2.33. The lowest BCUT2D eigenvalue weighted by Gasteiger charge is -2.10. The van der Waals surface area contributed by atoms with Crippen LogP contribution in [0.1, 0.15) is 19.4 Å². The summed E-state index contributed by atoms with van der Waals surface area (Å²) in [7, 11) is 0. The van der Waals surface area contributed by atoms with E-state index in [1.54, 1.807) is 23.1 Å². The Balaban J connectivity index is 1.66. The highest BCUT2D eigenvalue weighted by Gasteiger charge is 2.09. The van der Waals surface area contributed by atoms with Crippen molar-refractivity contribution in [2.45, 2.75) is 30.0 Å². The first-order valence-electron chi connectivity index (χ1n) is 7.74. The summed E-state index contributed by atoms with van der Waals surface area (Å²) in [5.74, 6) is 2.51. The van der Waals surface area contributed by atoms with Crippen molar-refractivity contribution < 1.29 is 4.74 Å². The largest absolute Gasteiger partial charge is 0.457 e. The number of thioether (sulfide) groups is 1. The smallest absolute Gasteiger partial charge is 0.206 e. The Labute approximate surface area is 150 Å². The van der Waals surface area contributed by atoms with E-state index in [4.69, 9.17) is 4.74 Å². The van der Waals surface area contributed by atoms with Crippen LogP contribution in [0.3, 0.4) is 0 Å². The van der Waals surface area contributed by atoms with E-state index in [-0.39, 0.29) is 0 Å². The highest BCUT2D eigenvalue weighted by atomic mass is 32.2. The lowest BCUT2D eigenvalue weighted by Crippen LogP contribution is -2.08. The molecule has 3 rings (SSSR count). The normalized spacial score (nSPS) is 10.8. The van der Waals surface area contributed by atoms with Crippen molar-refractivity contribution in [1.29, 1.82) is 0 Å². The minimum atomic E-state index is 0.357. The van der Waals surface area contributed by atoms with E-state index in [0.717, 1.165) is 32.3 Å². The Morgan fingerprint density at radius 1 is 1.04 bits per heavy atom. The van der Waals surface area contributed by atoms with E-state index in [1.165, 1.54) is 0 Å². The van der Waals surface area contributed by atoms with Gasteiger partial charge < -0.3 is 10.1 Å². The summed E-state index contributed by atoms with van der Waals surface area (Å²) in [6.07, 6.45) is 0. The maximum atomic E-state index is 6.00. The van der Waals surface area contributed by atoms with Crippen LogP contribution in [0.5, 0.6) is 11.5 Å². The second-order valence-corrected chi connectivity index (χ2v) is 7.68. The molecule has 0 unspecified atom stereocenters. The Morgan fingerprint density at radius 2 is 1.79 bits per heavy atom. The molecule has 124 valence electrons. The molecule has 24 heavy (non-hydrogen) atoms. The number of ether oxygens (including phenoxy) is 1. The summed E-state index contributed by atoms with van der Waals surface area (Å²) in [6, 6.07) is 18.3. The monoisotopic (exact) mass is 357 g/mol. The van der Waals surface area contributed by atoms with Gasteiger partial charge in [-0.3, -0.25) is 0 Å². The van der Waals surface area contributed by atoms with Crippen molar-refractivity contribution in [3.8, 4) is 11.5 Å². The number of aromatic nitrogens is 2. The van der Waals surface area contributed by atoms with E-state index in [2.05, 4.69) is 35.4 Å². The van der Waals surface area contributed by atoms with E-state index >= 15 is 0 Å². The second-order valence-electron chi connectivity index (χ2n) is 5.48. The number of hydrogen-bond donors (Lipinski definition) is 1. The van der Waals surface area contributed by atoms with Crippen molar-refractivity contribution >= 4 is 28.2 Å². The maximum absolute atomic E-state index is 6.00. The molecule has 0 bridgehead atoms. The predicted octanol–water partition coefficient (Wildman–Crippen LogP) is 5.44. The Morgan fingerprint density at radius 3 is 2.58 bits per heavy atom. The van der Waals surface area contributed by atoms with Gasteiger partial charge in [0.05, 0.1) is 0 Å². The van der Waals surface area contributed by atoms with Crippen LogP contribution >= 0.6 is 23.1 Å². The van der Waals surface area contributed by atoms with Gasteiger partial charge in [0.1, 0.15) is 11.5 Å². The third kappa shape index (κ3) is 4.72. The molecule has 2 aromatic carbocycles. The van der Waals surface area contributed by atoms with Gasteiger partial charge in [-0.2, -0.15) is 0 Å². The van der Waals surface area contributed by atoms with Gasteiger partial charge in [-0.25, -0.2) is 0 Å². The predicted molar refractivity (Wildman–Crippen MR) is 101 cm³/mol. The fourth-order valence-electron chi connectivity index (χ4n) is 2.05. The molecular weight excluding hydrogens is 338 g/mol. The SMILES string of the molecule is CC(C)Nc1nnc(SCc2ccccc2Oc2ccccc2)s1. The number of benzene rings is 2. The average Bonchev–Trinajstić information content (AvgIpc) is 3.02. The zero-order valence-electron chi connectivity index (χ0n) is 13.6. The zero-order chi connectivity index (χ0) is 16.8. The Hall–Kier alpha value is -2.05. The van der Waals surface area contributed by atoms with Gasteiger partial charge in [-0.1, -0.05) is 59.5 Å². The molecule has 4 nitrogen and oxygen atoms in total. The van der Waals surface area contributed by atoms with E-state index in [9.17, 15) is 0 Å². The minimum Gasteiger partial charge on any atom is -0.457 e. The second kappa shape index (κ2) is 8.17. The molecule has 0 aliphatic heterocycles. The number of hydrogen-bond acceptors (Lipinski definition) is 6. The van der Waals surface area contributed by atoms with Gasteiger partial charge in [0.15, 0.2) is 4.34 Å². The first-order valence-corrected chi connectivity index (χ1v) is 9.54. The summed E-state index contributed by atoms with van der Waals surface area (Å²) in [6.45, 7) is 4.18. The third-order valence-corrected chi connectivity index (χ3v) is 5.15. The summed E-state index contributed by atoms with van der Waals surface area (Å²) >= 11 is 3.25. The van der Waals surface area contributed by atoms with Crippen LogP contribution in [0.2, 0.25) is 0 Å². The van der Waals surface area contributed by atoms with Gasteiger partial charge in [-0.15, -0.1) is 10.2 Å². The molecule has 6 heteroatoms. The molecule has 1 heterocycles. The quantitative estimate of drug-likeness (QED) is 0.570. The minimum absolute atomic E-state index is 0.357. The van der Waals surface area contributed by atoms with Crippen molar-refractivity contribution in [2.24, 2.45) is 0 Å². The molecular formula is C18H19N3OS2. The van der Waals surface area contributed by atoms with Crippen LogP contribution in [-0.2, 0) is 5.75 Å². The molecule has 0 aliphatic rings. The molecule has 0 amide bonds. The molecule has 0 saturated heterocycles. The van der Waals surface area contributed by atoms with Gasteiger partial charge in [0, 0.05) is 17.4 Å². The highest BCUT2D eigenvalue weighted by molar-refractivity contribution is 8.00. The van der Waals surface area contributed by atoms with Gasteiger partial charge in [0.25, 0.3) is 0 Å². The Kier molecular flexibility index (Phi) is 5.72. The Bertz CT molecular complexity index is 775. The average molecular weight is 358 g/mol. The topological polar surface area (TPSA) is 47.0 Å². The van der Waals surface area contributed by atoms with Crippen LogP contribution in [0.25, 0.3) is 0 Å². The molecule has 0 aliphatic carbocycles. The molecule has 0 radical (unpaired) electrons. The molecule has 0 atom stereocenters. The maximum Gasteiger partial charge on any atom is 0.206 e. The van der Waals surface area contributed by atoms with Crippen LogP contribution in [0.15, 0.2) is 58.9 Å². The lowest BCUT2D eigenvalue weighted by molar-refractivity contribution is 0.478. The molecule has 0 fully saturated rings. The fourth-order valence-corrected chi connectivity index (χ4v) is 3.94. The van der Waals surface area contributed by atoms with Gasteiger partial charge in [0.2, 0.25) is 5.13 Å². The standard InChI is InChI=1S/C18H19N3OS2/c1-13(2)19-17-20-21-18(24-17)23-12-14-8-6-7-11-16(14)22-15-9-4-3-5-10-15/h3-11,13H,12H2,1-2H3,(H,19,20). The van der Waals surface area contributed by atoms with Crippen molar-refractivity contribution in [1.82, 2.24) is 10.2 Å². The summed E-state index contributed by atoms with van der Waals surface area (Å²) in [4.78, 5) is 0. The van der Waals surface area contributed by atoms with Gasteiger partial charge in [-0.05, 0) is 32.0 Å². The van der Waals surface area contributed by atoms with Crippen molar-refractivity contribution in [2.75, 3.05) is 5.32 Å². The summed E-state index contributed by atoms with van der Waals surface area (Å²) in [5.41, 5.74) is 1.14. The first-order chi connectivity index (χ1) is 11.7. The van der Waals surface area contributed by atoms with E-state index < -0.39 is 0 Å². The number of nitrogens with one attached hydrogen (secondary N) is 1. The van der Waals surface area contributed by atoms with Gasteiger partial charge >= 0.3 is 0 Å². The number of nitrogens with zero attached hydrogens (tertiary/aromatic N) is 2. The molecule has 1 aromatic heterocycles. The zero-order valence-corrected chi connectivity index (χ0v) is 15.2. The summed E-state index contributed by atoms with van der Waals surface area (Å²) in [5, 5.41) is 12.5. The summed E-state index contributed by atoms with van der Waals surface area (Å²) < 4.78 is 6.95. The van der Waals surface area contributed by atoms with E-state index in [0.29, 0.717) is 6.04 Å². The number of para-hydroxylation sites is 2. The first kappa shape index (κ1) is 16.8. The lowest BCUT2D eigenvalue weighted by atomic mass is 10.2. The van der Waals surface area contributed by atoms with Crippen LogP contribution < -0.4 is 10.1 Å². The molecule has 0 saturated carbocycles. The number of rotatable bonds is 7. The number of anilines is 1. The molecule has 0 spiro atoms. The van der Waals surface area contributed by atoms with Crippen molar-refractivity contribution in [3.05, 3.63) is 60.2 Å². The fraction of sp³-hybridized carbons (Fsp3) is 0.222. The van der Waals surface area contributed by atoms with Crippen LogP contribution in [0.4, 0.5) is 5.13 Å². The van der Waals surface area contributed by atoms with Crippen LogP contribution in [-0.4, -0.2) is 16.2 Å². The molecule has 3 aromatic rings. The molecule has 1 N–H and O–H groups in total. The van der Waals surface area contributed by atoms with Crippen LogP contribution in [0, 0.1) is 0 Å².